The Morgan fingerprint density at radius 1 is 1.38 bits per heavy atom. The summed E-state index contributed by atoms with van der Waals surface area (Å²) in [5.74, 6) is 0.556. The van der Waals surface area contributed by atoms with Crippen molar-refractivity contribution in [2.45, 2.75) is 25.7 Å². The van der Waals surface area contributed by atoms with Crippen LogP contribution in [0.15, 0.2) is 18.2 Å². The van der Waals surface area contributed by atoms with Crippen LogP contribution in [0.2, 0.25) is 0 Å². The first-order valence-electron chi connectivity index (χ1n) is 5.64. The van der Waals surface area contributed by atoms with Crippen LogP contribution in [-0.4, -0.2) is 18.0 Å². The van der Waals surface area contributed by atoms with Crippen LogP contribution < -0.4 is 5.32 Å². The van der Waals surface area contributed by atoms with Gasteiger partial charge in [-0.3, -0.25) is 10.1 Å². The standard InChI is InChI=1S/C12H16N2O2/c1-9-8-11(2-3-12(9)14(15)16)10-4-6-13-7-5-10/h2-3,8,10,13H,4-7H2,1H3. The minimum absolute atomic E-state index is 0.220. The SMILES string of the molecule is Cc1cc(C2CCNCC2)ccc1[N+](=O)[O-]. The number of aryl methyl sites for hydroxylation is 1. The quantitative estimate of drug-likeness (QED) is 0.615. The fourth-order valence-corrected chi connectivity index (χ4v) is 2.29. The van der Waals surface area contributed by atoms with Crippen LogP contribution in [-0.2, 0) is 0 Å². The smallest absolute Gasteiger partial charge is 0.272 e. The van der Waals surface area contributed by atoms with E-state index in [0.29, 0.717) is 5.92 Å². The Bertz CT molecular complexity index is 398. The minimum atomic E-state index is -0.318. The molecule has 0 bridgehead atoms. The minimum Gasteiger partial charge on any atom is -0.317 e. The lowest BCUT2D eigenvalue weighted by Crippen LogP contribution is -2.26. The number of hydrogen-bond acceptors (Lipinski definition) is 3. The van der Waals surface area contributed by atoms with Crippen LogP contribution in [0.1, 0.15) is 29.9 Å². The van der Waals surface area contributed by atoms with Gasteiger partial charge in [0.05, 0.1) is 4.92 Å². The molecule has 1 aliphatic heterocycles. The fraction of sp³-hybridized carbons (Fsp3) is 0.500. The van der Waals surface area contributed by atoms with Gasteiger partial charge in [-0.25, -0.2) is 0 Å². The lowest BCUT2D eigenvalue weighted by atomic mass is 9.89. The van der Waals surface area contributed by atoms with Crippen LogP contribution >= 0.6 is 0 Å². The van der Waals surface area contributed by atoms with Gasteiger partial charge in [0, 0.05) is 11.6 Å². The molecule has 1 heterocycles. The summed E-state index contributed by atoms with van der Waals surface area (Å²) >= 11 is 0. The van der Waals surface area contributed by atoms with Crippen molar-refractivity contribution in [2.75, 3.05) is 13.1 Å². The summed E-state index contributed by atoms with van der Waals surface area (Å²) in [6.45, 7) is 3.89. The first-order valence-corrected chi connectivity index (χ1v) is 5.64. The van der Waals surface area contributed by atoms with Crippen LogP contribution in [0.5, 0.6) is 0 Å². The normalized spacial score (nSPS) is 17.3. The van der Waals surface area contributed by atoms with E-state index in [1.54, 1.807) is 6.07 Å². The monoisotopic (exact) mass is 220 g/mol. The summed E-state index contributed by atoms with van der Waals surface area (Å²) in [5.41, 5.74) is 2.23. The van der Waals surface area contributed by atoms with E-state index in [1.807, 2.05) is 19.1 Å². The number of nitrogens with zero attached hydrogens (tertiary/aromatic N) is 1. The zero-order valence-electron chi connectivity index (χ0n) is 9.40. The molecule has 0 radical (unpaired) electrons. The predicted molar refractivity (Wildman–Crippen MR) is 62.7 cm³/mol. The van der Waals surface area contributed by atoms with Crippen molar-refractivity contribution in [3.63, 3.8) is 0 Å². The van der Waals surface area contributed by atoms with Crippen LogP contribution in [0.25, 0.3) is 0 Å². The van der Waals surface area contributed by atoms with E-state index in [4.69, 9.17) is 0 Å². The van der Waals surface area contributed by atoms with Gasteiger partial charge in [-0.1, -0.05) is 6.07 Å². The summed E-state index contributed by atoms with van der Waals surface area (Å²) in [5, 5.41) is 14.0. The maximum Gasteiger partial charge on any atom is 0.272 e. The first-order chi connectivity index (χ1) is 7.68. The Labute approximate surface area is 94.8 Å². The highest BCUT2D eigenvalue weighted by Crippen LogP contribution is 2.28. The number of benzene rings is 1. The molecule has 0 unspecified atom stereocenters. The third-order valence-corrected chi connectivity index (χ3v) is 3.23. The largest absolute Gasteiger partial charge is 0.317 e. The number of piperidine rings is 1. The molecule has 1 N–H and O–H groups in total. The van der Waals surface area contributed by atoms with E-state index in [9.17, 15) is 10.1 Å². The van der Waals surface area contributed by atoms with Crippen LogP contribution in [0.3, 0.4) is 0 Å². The maximum atomic E-state index is 10.7. The Hall–Kier alpha value is -1.42. The highest BCUT2D eigenvalue weighted by molar-refractivity contribution is 5.42. The van der Waals surface area contributed by atoms with Crippen molar-refractivity contribution in [2.24, 2.45) is 0 Å². The second-order valence-corrected chi connectivity index (χ2v) is 4.33. The molecule has 4 nitrogen and oxygen atoms in total. The van der Waals surface area contributed by atoms with Gasteiger partial charge in [0.1, 0.15) is 0 Å². The molecule has 1 saturated heterocycles. The molecular weight excluding hydrogens is 204 g/mol. The van der Waals surface area contributed by atoms with Crippen molar-refractivity contribution >= 4 is 5.69 Å². The third kappa shape index (κ3) is 2.22. The zero-order chi connectivity index (χ0) is 11.5. The highest BCUT2D eigenvalue weighted by atomic mass is 16.6. The molecule has 0 saturated carbocycles. The third-order valence-electron chi connectivity index (χ3n) is 3.23. The van der Waals surface area contributed by atoms with Gasteiger partial charge in [0.25, 0.3) is 5.69 Å². The lowest BCUT2D eigenvalue weighted by molar-refractivity contribution is -0.385. The Balaban J connectivity index is 2.23. The van der Waals surface area contributed by atoms with Gasteiger partial charge in [0.15, 0.2) is 0 Å². The van der Waals surface area contributed by atoms with Gasteiger partial charge in [-0.05, 0) is 50.4 Å². The molecule has 0 atom stereocenters. The molecule has 0 aliphatic carbocycles. The molecule has 4 heteroatoms. The molecule has 16 heavy (non-hydrogen) atoms. The molecule has 86 valence electrons. The molecular formula is C12H16N2O2. The van der Waals surface area contributed by atoms with Gasteiger partial charge >= 0.3 is 0 Å². The van der Waals surface area contributed by atoms with E-state index < -0.39 is 0 Å². The lowest BCUT2D eigenvalue weighted by Gasteiger charge is -2.23. The van der Waals surface area contributed by atoms with E-state index in [2.05, 4.69) is 5.32 Å². The van der Waals surface area contributed by atoms with Gasteiger partial charge in [0.2, 0.25) is 0 Å². The Kier molecular flexibility index (Phi) is 3.19. The van der Waals surface area contributed by atoms with Crippen molar-refractivity contribution in [3.05, 3.63) is 39.4 Å². The summed E-state index contributed by atoms with van der Waals surface area (Å²) in [7, 11) is 0. The molecule has 1 aromatic rings. The number of nitrogens with one attached hydrogen (secondary N) is 1. The first kappa shape index (κ1) is 11.1. The summed E-state index contributed by atoms with van der Waals surface area (Å²) < 4.78 is 0. The number of rotatable bonds is 2. The number of nitro benzene ring substituents is 1. The molecule has 2 rings (SSSR count). The number of nitro groups is 1. The maximum absolute atomic E-state index is 10.7. The van der Waals surface area contributed by atoms with E-state index in [0.717, 1.165) is 31.5 Å². The van der Waals surface area contributed by atoms with E-state index >= 15 is 0 Å². The van der Waals surface area contributed by atoms with Crippen molar-refractivity contribution in [1.82, 2.24) is 5.32 Å². The van der Waals surface area contributed by atoms with Gasteiger partial charge in [-0.2, -0.15) is 0 Å². The molecule has 1 aromatic carbocycles. The predicted octanol–water partition coefficient (Wildman–Crippen LogP) is 2.37. The average molecular weight is 220 g/mol. The molecule has 1 aliphatic rings. The van der Waals surface area contributed by atoms with E-state index in [-0.39, 0.29) is 10.6 Å². The van der Waals surface area contributed by atoms with E-state index in [1.165, 1.54) is 5.56 Å². The highest BCUT2D eigenvalue weighted by Gasteiger charge is 2.17. The molecule has 1 fully saturated rings. The second-order valence-electron chi connectivity index (χ2n) is 4.33. The van der Waals surface area contributed by atoms with Crippen molar-refractivity contribution in [3.8, 4) is 0 Å². The van der Waals surface area contributed by atoms with Crippen molar-refractivity contribution in [1.29, 1.82) is 0 Å². The Morgan fingerprint density at radius 2 is 2.06 bits per heavy atom. The summed E-state index contributed by atoms with van der Waals surface area (Å²) in [6, 6.07) is 5.50. The second kappa shape index (κ2) is 4.61. The molecule has 0 amide bonds. The van der Waals surface area contributed by atoms with Crippen molar-refractivity contribution < 1.29 is 4.92 Å². The topological polar surface area (TPSA) is 55.2 Å². The summed E-state index contributed by atoms with van der Waals surface area (Å²) in [6.07, 6.45) is 2.24. The molecule has 0 spiro atoms. The Morgan fingerprint density at radius 3 is 2.62 bits per heavy atom. The number of hydrogen-bond donors (Lipinski definition) is 1. The zero-order valence-corrected chi connectivity index (χ0v) is 9.40. The average Bonchev–Trinajstić information content (AvgIpc) is 2.29. The summed E-state index contributed by atoms with van der Waals surface area (Å²) in [4.78, 5) is 10.4. The fourth-order valence-electron chi connectivity index (χ4n) is 2.29. The van der Waals surface area contributed by atoms with Crippen LogP contribution in [0.4, 0.5) is 5.69 Å². The van der Waals surface area contributed by atoms with Gasteiger partial charge < -0.3 is 5.32 Å². The van der Waals surface area contributed by atoms with Crippen LogP contribution in [0, 0.1) is 17.0 Å². The molecule has 0 aromatic heterocycles. The van der Waals surface area contributed by atoms with Gasteiger partial charge in [-0.15, -0.1) is 0 Å².